The first-order chi connectivity index (χ1) is 15.1. The number of hydrogen-bond acceptors (Lipinski definition) is 6. The third-order valence-corrected chi connectivity index (χ3v) is 5.46. The van der Waals surface area contributed by atoms with Crippen LogP contribution in [0, 0.1) is 0 Å². The fourth-order valence-corrected chi connectivity index (χ4v) is 3.69. The maximum Gasteiger partial charge on any atom is 0.232 e. The number of hydrogen-bond donors (Lipinski definition) is 0. The van der Waals surface area contributed by atoms with Gasteiger partial charge in [0.05, 0.1) is 19.6 Å². The topological polar surface area (TPSA) is 77.7 Å². The molecule has 1 saturated heterocycles. The molecule has 4 rings (SSSR count). The predicted molar refractivity (Wildman–Crippen MR) is 118 cm³/mol. The van der Waals surface area contributed by atoms with Crippen molar-refractivity contribution >= 4 is 11.6 Å². The van der Waals surface area contributed by atoms with E-state index in [-0.39, 0.29) is 11.8 Å². The van der Waals surface area contributed by atoms with E-state index in [2.05, 4.69) is 36.1 Å². The fraction of sp³-hybridized carbons (Fsp3) is 0.375. The summed E-state index contributed by atoms with van der Waals surface area (Å²) in [5, 5.41) is 4.13. The zero-order valence-electron chi connectivity index (χ0n) is 18.1. The van der Waals surface area contributed by atoms with Gasteiger partial charge in [-0.3, -0.25) is 4.79 Å². The minimum Gasteiger partial charge on any atom is -0.493 e. The van der Waals surface area contributed by atoms with Crippen LogP contribution in [-0.2, 0) is 11.2 Å². The van der Waals surface area contributed by atoms with Crippen molar-refractivity contribution in [2.45, 2.75) is 39.0 Å². The van der Waals surface area contributed by atoms with Gasteiger partial charge in [-0.15, -0.1) is 0 Å². The SMILES string of the molecule is CCCOc1ccc(-c2noc(C3CC(=O)N(c4ccc(CC)cc4)C3)n2)cc1OC. The maximum absolute atomic E-state index is 12.6. The minimum absolute atomic E-state index is 0.0630. The maximum atomic E-state index is 12.6. The second-order valence-corrected chi connectivity index (χ2v) is 7.60. The number of aryl methyl sites for hydroxylation is 1. The summed E-state index contributed by atoms with van der Waals surface area (Å²) in [5.74, 6) is 2.18. The van der Waals surface area contributed by atoms with Crippen molar-refractivity contribution in [3.8, 4) is 22.9 Å². The van der Waals surface area contributed by atoms with E-state index in [1.54, 1.807) is 12.0 Å². The smallest absolute Gasteiger partial charge is 0.232 e. The first-order valence-corrected chi connectivity index (χ1v) is 10.7. The van der Waals surface area contributed by atoms with Crippen LogP contribution in [0.2, 0.25) is 0 Å². The average Bonchev–Trinajstić information content (AvgIpc) is 3.44. The van der Waals surface area contributed by atoms with Crippen LogP contribution in [0.4, 0.5) is 5.69 Å². The third kappa shape index (κ3) is 4.40. The summed E-state index contributed by atoms with van der Waals surface area (Å²) in [7, 11) is 1.60. The molecular weight excluding hydrogens is 394 g/mol. The van der Waals surface area contributed by atoms with E-state index in [4.69, 9.17) is 14.0 Å². The van der Waals surface area contributed by atoms with Gasteiger partial charge in [0.15, 0.2) is 11.5 Å². The van der Waals surface area contributed by atoms with E-state index in [1.807, 2.05) is 30.3 Å². The van der Waals surface area contributed by atoms with Gasteiger partial charge < -0.3 is 18.9 Å². The Labute approximate surface area is 182 Å². The largest absolute Gasteiger partial charge is 0.493 e. The third-order valence-electron chi connectivity index (χ3n) is 5.46. The lowest BCUT2D eigenvalue weighted by atomic mass is 10.1. The molecule has 31 heavy (non-hydrogen) atoms. The van der Waals surface area contributed by atoms with Gasteiger partial charge in [0, 0.05) is 24.2 Å². The van der Waals surface area contributed by atoms with Crippen LogP contribution >= 0.6 is 0 Å². The number of carbonyl (C=O) groups is 1. The molecule has 1 fully saturated rings. The standard InChI is InChI=1S/C24H27N3O4/c1-4-12-30-20-11-8-17(13-21(20)29-3)23-25-24(31-26-23)18-14-22(28)27(15-18)19-9-6-16(5-2)7-10-19/h6-11,13,18H,4-5,12,14-15H2,1-3H3. The fourth-order valence-electron chi connectivity index (χ4n) is 3.69. The van der Waals surface area contributed by atoms with Gasteiger partial charge in [-0.25, -0.2) is 0 Å². The molecule has 7 heteroatoms. The summed E-state index contributed by atoms with van der Waals surface area (Å²) in [4.78, 5) is 19.0. The molecule has 162 valence electrons. The van der Waals surface area contributed by atoms with Gasteiger partial charge in [0.25, 0.3) is 0 Å². The zero-order valence-corrected chi connectivity index (χ0v) is 18.1. The summed E-state index contributed by atoms with van der Waals surface area (Å²) in [6.45, 7) is 5.31. The number of methoxy groups -OCH3 is 1. The van der Waals surface area contributed by atoms with Gasteiger partial charge >= 0.3 is 0 Å². The molecular formula is C24H27N3O4. The molecule has 0 saturated carbocycles. The molecule has 1 amide bonds. The van der Waals surface area contributed by atoms with Gasteiger partial charge in [-0.05, 0) is 48.7 Å². The van der Waals surface area contributed by atoms with E-state index in [1.165, 1.54) is 5.56 Å². The highest BCUT2D eigenvalue weighted by atomic mass is 16.5. The number of benzene rings is 2. The van der Waals surface area contributed by atoms with Crippen LogP contribution < -0.4 is 14.4 Å². The number of carbonyl (C=O) groups excluding carboxylic acids is 1. The minimum atomic E-state index is -0.131. The van der Waals surface area contributed by atoms with Gasteiger partial charge in [0.2, 0.25) is 17.6 Å². The Kier molecular flexibility index (Phi) is 6.21. The molecule has 1 aliphatic heterocycles. The van der Waals surface area contributed by atoms with E-state index in [0.717, 1.165) is 24.1 Å². The van der Waals surface area contributed by atoms with Crippen LogP contribution in [0.15, 0.2) is 47.0 Å². The lowest BCUT2D eigenvalue weighted by molar-refractivity contribution is -0.117. The van der Waals surface area contributed by atoms with Crippen LogP contribution in [0.1, 0.15) is 44.1 Å². The first kappa shape index (κ1) is 20.9. The highest BCUT2D eigenvalue weighted by Gasteiger charge is 2.35. The van der Waals surface area contributed by atoms with Crippen molar-refractivity contribution in [3.05, 3.63) is 53.9 Å². The van der Waals surface area contributed by atoms with Crippen molar-refractivity contribution in [2.75, 3.05) is 25.2 Å². The molecule has 2 heterocycles. The van der Waals surface area contributed by atoms with Gasteiger partial charge in [-0.1, -0.05) is 31.1 Å². The molecule has 0 aliphatic carbocycles. The average molecular weight is 421 g/mol. The monoisotopic (exact) mass is 421 g/mol. The Morgan fingerprint density at radius 3 is 2.65 bits per heavy atom. The van der Waals surface area contributed by atoms with Crippen molar-refractivity contribution in [3.63, 3.8) is 0 Å². The van der Waals surface area contributed by atoms with Gasteiger partial charge in [0.1, 0.15) is 0 Å². The normalized spacial score (nSPS) is 16.0. The Hall–Kier alpha value is -3.35. The Bertz CT molecular complexity index is 1050. The van der Waals surface area contributed by atoms with Gasteiger partial charge in [-0.2, -0.15) is 4.98 Å². The van der Waals surface area contributed by atoms with E-state index in [9.17, 15) is 4.79 Å². The summed E-state index contributed by atoms with van der Waals surface area (Å²) in [6, 6.07) is 13.7. The number of aromatic nitrogens is 2. The van der Waals surface area contributed by atoms with Crippen molar-refractivity contribution in [1.29, 1.82) is 0 Å². The van der Waals surface area contributed by atoms with Crippen LogP contribution in [0.25, 0.3) is 11.4 Å². The zero-order chi connectivity index (χ0) is 21.8. The van der Waals surface area contributed by atoms with E-state index < -0.39 is 0 Å². The molecule has 0 radical (unpaired) electrons. The molecule has 2 aromatic carbocycles. The van der Waals surface area contributed by atoms with Crippen molar-refractivity contribution in [2.24, 2.45) is 0 Å². The Morgan fingerprint density at radius 1 is 1.13 bits per heavy atom. The quantitative estimate of drug-likeness (QED) is 0.528. The summed E-state index contributed by atoms with van der Waals surface area (Å²) in [6.07, 6.45) is 2.24. The predicted octanol–water partition coefficient (Wildman–Crippen LogP) is 4.62. The first-order valence-electron chi connectivity index (χ1n) is 10.7. The molecule has 1 atom stereocenters. The van der Waals surface area contributed by atoms with Crippen LogP contribution in [0.5, 0.6) is 11.5 Å². The Balaban J connectivity index is 1.50. The second-order valence-electron chi connectivity index (χ2n) is 7.60. The molecule has 0 bridgehead atoms. The molecule has 0 spiro atoms. The number of amides is 1. The van der Waals surface area contributed by atoms with E-state index in [0.29, 0.717) is 42.8 Å². The highest BCUT2D eigenvalue weighted by molar-refractivity contribution is 5.96. The summed E-state index contributed by atoms with van der Waals surface area (Å²) < 4.78 is 16.7. The lowest BCUT2D eigenvalue weighted by Crippen LogP contribution is -2.24. The molecule has 0 N–H and O–H groups in total. The van der Waals surface area contributed by atoms with Crippen molar-refractivity contribution < 1.29 is 18.8 Å². The van der Waals surface area contributed by atoms with E-state index >= 15 is 0 Å². The molecule has 1 aromatic heterocycles. The van der Waals surface area contributed by atoms with Crippen LogP contribution in [0.3, 0.4) is 0 Å². The number of rotatable bonds is 8. The van der Waals surface area contributed by atoms with Crippen molar-refractivity contribution in [1.82, 2.24) is 10.1 Å². The number of ether oxygens (including phenoxy) is 2. The summed E-state index contributed by atoms with van der Waals surface area (Å²) >= 11 is 0. The highest BCUT2D eigenvalue weighted by Crippen LogP contribution is 2.34. The summed E-state index contributed by atoms with van der Waals surface area (Å²) in [5.41, 5.74) is 2.92. The number of nitrogens with zero attached hydrogens (tertiary/aromatic N) is 3. The Morgan fingerprint density at radius 2 is 1.94 bits per heavy atom. The molecule has 3 aromatic rings. The molecule has 7 nitrogen and oxygen atoms in total. The second kappa shape index (κ2) is 9.20. The number of anilines is 1. The lowest BCUT2D eigenvalue weighted by Gasteiger charge is -2.16. The molecule has 1 aliphatic rings. The molecule has 1 unspecified atom stereocenters. The van der Waals surface area contributed by atoms with Crippen LogP contribution in [-0.4, -0.2) is 36.3 Å².